The maximum atomic E-state index is 15.5. The lowest BCUT2D eigenvalue weighted by atomic mass is 9.85. The summed E-state index contributed by atoms with van der Waals surface area (Å²) in [5, 5.41) is 1.58. The molecule has 0 aliphatic carbocycles. The molecule has 58 heavy (non-hydrogen) atoms. The third-order valence-electron chi connectivity index (χ3n) is 11.0. The lowest BCUT2D eigenvalue weighted by Gasteiger charge is -2.18. The molecule has 274 valence electrons. The fourth-order valence-corrected chi connectivity index (χ4v) is 9.96. The van der Waals surface area contributed by atoms with Crippen molar-refractivity contribution in [2.45, 2.75) is 9.79 Å². The van der Waals surface area contributed by atoms with E-state index in [2.05, 4.69) is 41.4 Å². The average molecular weight is 766 g/mol. The van der Waals surface area contributed by atoms with E-state index in [1.54, 1.807) is 30.6 Å². The van der Waals surface area contributed by atoms with Gasteiger partial charge in [-0.25, -0.2) is 18.4 Å². The Morgan fingerprint density at radius 3 is 1.72 bits per heavy atom. The predicted molar refractivity (Wildman–Crippen MR) is 231 cm³/mol. The second-order valence-corrected chi connectivity index (χ2v) is 16.3. The summed E-state index contributed by atoms with van der Waals surface area (Å²) >= 11 is 0. The van der Waals surface area contributed by atoms with Crippen LogP contribution in [0.25, 0.3) is 100 Å². The van der Waals surface area contributed by atoms with Gasteiger partial charge in [0.05, 0.1) is 21.2 Å². The van der Waals surface area contributed by atoms with Crippen LogP contribution >= 0.6 is 0 Å². The minimum Gasteiger partial charge on any atom is -0.456 e. The van der Waals surface area contributed by atoms with Crippen molar-refractivity contribution in [3.8, 4) is 78.4 Å². The third-order valence-corrected chi connectivity index (χ3v) is 12.8. The van der Waals surface area contributed by atoms with Crippen molar-refractivity contribution in [1.29, 1.82) is 0 Å². The lowest BCUT2D eigenvalue weighted by Crippen LogP contribution is -2.06. The van der Waals surface area contributed by atoms with Crippen LogP contribution in [-0.2, 0) is 9.84 Å². The number of rotatable bonds is 3. The number of benzene rings is 7. The van der Waals surface area contributed by atoms with Gasteiger partial charge in [-0.2, -0.15) is 0 Å². The van der Waals surface area contributed by atoms with Crippen molar-refractivity contribution in [3.05, 3.63) is 188 Å². The van der Waals surface area contributed by atoms with Crippen LogP contribution in [0.1, 0.15) is 0 Å². The molecular formula is C51H31N3O3S. The zero-order valence-electron chi connectivity index (χ0n) is 30.9. The Labute approximate surface area is 334 Å². The molecule has 0 bridgehead atoms. The van der Waals surface area contributed by atoms with Gasteiger partial charge in [-0.3, -0.25) is 4.98 Å². The number of hydrogen-bond donors (Lipinski definition) is 0. The molecule has 4 heterocycles. The summed E-state index contributed by atoms with van der Waals surface area (Å²) < 4.78 is 37.5. The van der Waals surface area contributed by atoms with E-state index in [1.807, 2.05) is 121 Å². The summed E-state index contributed by atoms with van der Waals surface area (Å²) in [6.07, 6.45) is 3.54. The lowest BCUT2D eigenvalue weighted by molar-refractivity contribution is 0.596. The first-order valence-corrected chi connectivity index (χ1v) is 20.5. The molecule has 10 aromatic rings. The normalized spacial score (nSPS) is 12.8. The second-order valence-electron chi connectivity index (χ2n) is 14.4. The highest BCUT2D eigenvalue weighted by atomic mass is 32.2. The van der Waals surface area contributed by atoms with Gasteiger partial charge in [-0.05, 0) is 81.9 Å². The summed E-state index contributed by atoms with van der Waals surface area (Å²) in [7, 11) is -4.16. The molecule has 1 aliphatic heterocycles. The largest absolute Gasteiger partial charge is 0.456 e. The summed E-state index contributed by atoms with van der Waals surface area (Å²) in [6.45, 7) is 0. The molecule has 0 radical (unpaired) electrons. The fourth-order valence-electron chi connectivity index (χ4n) is 8.27. The van der Waals surface area contributed by atoms with Gasteiger partial charge < -0.3 is 4.42 Å². The minimum atomic E-state index is -4.16. The summed E-state index contributed by atoms with van der Waals surface area (Å²) in [6, 6.07) is 57.1. The Kier molecular flexibility index (Phi) is 7.77. The van der Waals surface area contributed by atoms with Crippen LogP contribution in [0.15, 0.2) is 203 Å². The van der Waals surface area contributed by atoms with E-state index in [0.717, 1.165) is 66.5 Å². The van der Waals surface area contributed by atoms with Gasteiger partial charge in [0.25, 0.3) is 0 Å². The molecular weight excluding hydrogens is 735 g/mol. The standard InChI is InChI=1S/C51H31N3O3S/c55-58(56)49-23-11-9-21-41(49)38-19-7-6-17-36(38)35-16-4-5-18-37(35)39-25-24-33(27-42(39)44-28-48-43(29-50(44)58)40-20-8-10-22-47(40)57-48)45-30-46(34-15-12-26-52-31-34)54-51(53-45)32-13-2-1-3-14-32/h1-31H. The molecule has 0 amide bonds. The number of aromatic nitrogens is 3. The van der Waals surface area contributed by atoms with Crippen molar-refractivity contribution in [2.75, 3.05) is 0 Å². The second kappa shape index (κ2) is 13.3. The SMILES string of the molecule is O=S1(=O)c2ccccc2-c2ccccc2-c2ccccc2-c2ccc(-c3cc(-c4cccnc4)nc(-c4ccccc4)n3)cc2-c2cc3oc4ccccc4c3cc21. The molecule has 0 N–H and O–H groups in total. The summed E-state index contributed by atoms with van der Waals surface area (Å²) in [5.41, 5.74) is 11.7. The highest BCUT2D eigenvalue weighted by molar-refractivity contribution is 7.91. The van der Waals surface area contributed by atoms with Crippen LogP contribution in [-0.4, -0.2) is 23.4 Å². The monoisotopic (exact) mass is 765 g/mol. The number of pyridine rings is 1. The van der Waals surface area contributed by atoms with Crippen molar-refractivity contribution in [2.24, 2.45) is 0 Å². The van der Waals surface area contributed by atoms with E-state index < -0.39 is 9.84 Å². The Hall–Kier alpha value is -7.48. The Morgan fingerprint density at radius 1 is 0.397 bits per heavy atom. The molecule has 1 aliphatic rings. The molecule has 7 heteroatoms. The van der Waals surface area contributed by atoms with E-state index in [4.69, 9.17) is 14.4 Å². The summed E-state index contributed by atoms with van der Waals surface area (Å²) in [5.74, 6) is 0.569. The third kappa shape index (κ3) is 5.47. The smallest absolute Gasteiger partial charge is 0.207 e. The molecule has 11 rings (SSSR count). The highest BCUT2D eigenvalue weighted by Gasteiger charge is 2.30. The van der Waals surface area contributed by atoms with Crippen LogP contribution in [0, 0.1) is 0 Å². The molecule has 0 saturated heterocycles. The number of fused-ring (bicyclic) bond motifs is 12. The van der Waals surface area contributed by atoms with Crippen LogP contribution in [0.4, 0.5) is 0 Å². The zero-order chi connectivity index (χ0) is 38.8. The van der Waals surface area contributed by atoms with E-state index in [0.29, 0.717) is 33.8 Å². The quantitative estimate of drug-likeness (QED) is 0.178. The topological polar surface area (TPSA) is 86.0 Å². The van der Waals surface area contributed by atoms with E-state index in [1.165, 1.54) is 0 Å². The zero-order valence-corrected chi connectivity index (χ0v) is 31.7. The molecule has 0 unspecified atom stereocenters. The number of hydrogen-bond acceptors (Lipinski definition) is 6. The van der Waals surface area contributed by atoms with Gasteiger partial charge in [0.2, 0.25) is 9.84 Å². The maximum absolute atomic E-state index is 15.5. The van der Waals surface area contributed by atoms with Crippen LogP contribution in [0.2, 0.25) is 0 Å². The first-order valence-electron chi connectivity index (χ1n) is 19.0. The Bertz CT molecular complexity index is 3300. The van der Waals surface area contributed by atoms with Crippen molar-refractivity contribution in [3.63, 3.8) is 0 Å². The van der Waals surface area contributed by atoms with Gasteiger partial charge in [0.15, 0.2) is 5.82 Å². The molecule has 0 fully saturated rings. The summed E-state index contributed by atoms with van der Waals surface area (Å²) in [4.78, 5) is 14.9. The fraction of sp³-hybridized carbons (Fsp3) is 0. The number of sulfone groups is 1. The number of para-hydroxylation sites is 1. The van der Waals surface area contributed by atoms with Gasteiger partial charge in [-0.15, -0.1) is 0 Å². The maximum Gasteiger partial charge on any atom is 0.207 e. The first kappa shape index (κ1) is 33.8. The average Bonchev–Trinajstić information content (AvgIpc) is 3.66. The molecule has 6 nitrogen and oxygen atoms in total. The van der Waals surface area contributed by atoms with E-state index in [-0.39, 0.29) is 9.79 Å². The Morgan fingerprint density at radius 2 is 1.00 bits per heavy atom. The Balaban J connectivity index is 1.27. The number of furan rings is 1. The van der Waals surface area contributed by atoms with Gasteiger partial charge in [0.1, 0.15) is 11.2 Å². The number of nitrogens with zero attached hydrogens (tertiary/aromatic N) is 3. The van der Waals surface area contributed by atoms with Crippen molar-refractivity contribution in [1.82, 2.24) is 15.0 Å². The molecule has 0 spiro atoms. The molecule has 0 saturated carbocycles. The van der Waals surface area contributed by atoms with E-state index in [9.17, 15) is 0 Å². The van der Waals surface area contributed by atoms with Gasteiger partial charge in [-0.1, -0.05) is 127 Å². The predicted octanol–water partition coefficient (Wildman–Crippen LogP) is 12.6. The van der Waals surface area contributed by atoms with Crippen molar-refractivity contribution >= 4 is 31.8 Å². The van der Waals surface area contributed by atoms with Crippen LogP contribution in [0.5, 0.6) is 0 Å². The van der Waals surface area contributed by atoms with E-state index >= 15 is 8.42 Å². The molecule has 0 atom stereocenters. The van der Waals surface area contributed by atoms with Crippen LogP contribution < -0.4 is 0 Å². The molecule has 7 aromatic carbocycles. The van der Waals surface area contributed by atoms with Crippen molar-refractivity contribution < 1.29 is 12.8 Å². The van der Waals surface area contributed by atoms with Gasteiger partial charge in [0, 0.05) is 51.0 Å². The minimum absolute atomic E-state index is 0.193. The molecule has 3 aromatic heterocycles. The highest BCUT2D eigenvalue weighted by Crippen LogP contribution is 2.49. The van der Waals surface area contributed by atoms with Gasteiger partial charge >= 0.3 is 0 Å². The van der Waals surface area contributed by atoms with Crippen LogP contribution in [0.3, 0.4) is 0 Å². The first-order chi connectivity index (χ1) is 28.5.